The van der Waals surface area contributed by atoms with E-state index in [1.165, 1.54) is 5.56 Å². The van der Waals surface area contributed by atoms with Crippen molar-refractivity contribution >= 4 is 23.3 Å². The topological polar surface area (TPSA) is 29.5 Å². The van der Waals surface area contributed by atoms with Crippen LogP contribution in [0.25, 0.3) is 0 Å². The van der Waals surface area contributed by atoms with Crippen LogP contribution < -0.4 is 0 Å². The zero-order valence-electron chi connectivity index (χ0n) is 15.5. The fraction of sp³-hybridized carbons (Fsp3) is 0.364. The van der Waals surface area contributed by atoms with Crippen molar-refractivity contribution in [2.24, 2.45) is 5.92 Å². The summed E-state index contributed by atoms with van der Waals surface area (Å²) in [6.45, 7) is 6.76. The van der Waals surface area contributed by atoms with E-state index in [2.05, 4.69) is 38.1 Å². The highest BCUT2D eigenvalue weighted by atomic mass is 32.1. The zero-order valence-corrected chi connectivity index (χ0v) is 16.3. The van der Waals surface area contributed by atoms with Crippen molar-refractivity contribution in [1.29, 1.82) is 0 Å². The van der Waals surface area contributed by atoms with Crippen molar-refractivity contribution < 1.29 is 9.53 Å². The van der Waals surface area contributed by atoms with E-state index in [0.29, 0.717) is 12.5 Å². The summed E-state index contributed by atoms with van der Waals surface area (Å²) < 4.78 is 5.54. The summed E-state index contributed by atoms with van der Waals surface area (Å²) in [4.78, 5) is 14.8. The largest absolute Gasteiger partial charge is 0.468 e. The van der Waals surface area contributed by atoms with Crippen LogP contribution >= 0.6 is 12.2 Å². The lowest BCUT2D eigenvalue weighted by atomic mass is 9.95. The van der Waals surface area contributed by atoms with Crippen molar-refractivity contribution in [3.05, 3.63) is 71.3 Å². The van der Waals surface area contributed by atoms with Gasteiger partial charge in [0.1, 0.15) is 6.61 Å². The number of carbonyl (C=O) groups excluding carboxylic acids is 1. The normalized spacial score (nSPS) is 18.1. The number of carbonyl (C=O) groups is 1. The van der Waals surface area contributed by atoms with Crippen molar-refractivity contribution in [2.75, 3.05) is 6.61 Å². The van der Waals surface area contributed by atoms with Crippen molar-refractivity contribution in [3.8, 4) is 0 Å². The molecular weight excluding hydrogens is 342 g/mol. The van der Waals surface area contributed by atoms with Gasteiger partial charge in [-0.15, -0.1) is 0 Å². The maximum absolute atomic E-state index is 13.2. The predicted molar refractivity (Wildman–Crippen MR) is 108 cm³/mol. The number of hydrogen-bond acceptors (Lipinski definition) is 3. The third-order valence-electron chi connectivity index (χ3n) is 4.79. The molecule has 4 heteroatoms. The Kier molecular flexibility index (Phi) is 5.72. The number of amides is 1. The average Bonchev–Trinajstić information content (AvgIpc) is 3.03. The molecule has 0 bridgehead atoms. The van der Waals surface area contributed by atoms with Crippen LogP contribution in [0.4, 0.5) is 0 Å². The van der Waals surface area contributed by atoms with Gasteiger partial charge in [-0.2, -0.15) is 0 Å². The van der Waals surface area contributed by atoms with Gasteiger partial charge >= 0.3 is 0 Å². The van der Waals surface area contributed by atoms with E-state index in [4.69, 9.17) is 17.0 Å². The van der Waals surface area contributed by atoms with Crippen LogP contribution in [0.15, 0.2) is 54.6 Å². The molecule has 1 amide bonds. The Balaban J connectivity index is 1.79. The van der Waals surface area contributed by atoms with Crippen LogP contribution in [0, 0.1) is 5.92 Å². The Morgan fingerprint density at radius 1 is 1.12 bits per heavy atom. The zero-order chi connectivity index (χ0) is 18.7. The van der Waals surface area contributed by atoms with Crippen LogP contribution in [0.3, 0.4) is 0 Å². The smallest absolute Gasteiger partial charge is 0.266 e. The first kappa shape index (κ1) is 18.6. The Labute approximate surface area is 161 Å². The van der Waals surface area contributed by atoms with E-state index in [0.717, 1.165) is 17.5 Å². The Hall–Kier alpha value is -2.20. The predicted octanol–water partition coefficient (Wildman–Crippen LogP) is 4.87. The first-order valence-corrected chi connectivity index (χ1v) is 9.51. The number of ether oxygens (including phenoxy) is 1. The van der Waals surface area contributed by atoms with Crippen LogP contribution in [0.5, 0.6) is 0 Å². The fourth-order valence-corrected chi connectivity index (χ4v) is 3.64. The minimum atomic E-state index is -0.269. The third kappa shape index (κ3) is 3.96. The lowest BCUT2D eigenvalue weighted by Crippen LogP contribution is -2.36. The summed E-state index contributed by atoms with van der Waals surface area (Å²) in [6.07, 6.45) is 1.04. The molecule has 1 heterocycles. The van der Waals surface area contributed by atoms with Gasteiger partial charge in [-0.1, -0.05) is 68.4 Å². The maximum Gasteiger partial charge on any atom is 0.266 e. The van der Waals surface area contributed by atoms with E-state index in [-0.39, 0.29) is 23.0 Å². The SMILES string of the molecule is CC(C)Cc1ccc([C@@H](C)C(=O)N2C(=S)OC[C@@H]2c2ccccc2)cc1. The lowest BCUT2D eigenvalue weighted by molar-refractivity contribution is -0.129. The molecular formula is C22H25NO2S. The molecule has 1 fully saturated rings. The van der Waals surface area contributed by atoms with Gasteiger partial charge in [0, 0.05) is 0 Å². The molecule has 0 spiro atoms. The van der Waals surface area contributed by atoms with E-state index < -0.39 is 0 Å². The molecule has 2 aromatic rings. The van der Waals surface area contributed by atoms with Crippen LogP contribution in [0.1, 0.15) is 49.4 Å². The highest BCUT2D eigenvalue weighted by Gasteiger charge is 2.38. The first-order chi connectivity index (χ1) is 12.5. The second-order valence-corrected chi connectivity index (χ2v) is 7.62. The quantitative estimate of drug-likeness (QED) is 0.706. The van der Waals surface area contributed by atoms with E-state index in [1.54, 1.807) is 4.90 Å². The van der Waals surface area contributed by atoms with Gasteiger partial charge in [0.25, 0.3) is 5.17 Å². The molecule has 26 heavy (non-hydrogen) atoms. The minimum Gasteiger partial charge on any atom is -0.468 e. The van der Waals surface area contributed by atoms with Gasteiger partial charge in [0.2, 0.25) is 5.91 Å². The third-order valence-corrected chi connectivity index (χ3v) is 5.10. The van der Waals surface area contributed by atoms with Gasteiger partial charge in [0.05, 0.1) is 12.0 Å². The average molecular weight is 368 g/mol. The van der Waals surface area contributed by atoms with Crippen LogP contribution in [0.2, 0.25) is 0 Å². The molecule has 0 radical (unpaired) electrons. The minimum absolute atomic E-state index is 0.0158. The first-order valence-electron chi connectivity index (χ1n) is 9.11. The Morgan fingerprint density at radius 2 is 1.77 bits per heavy atom. The van der Waals surface area contributed by atoms with E-state index in [9.17, 15) is 4.79 Å². The van der Waals surface area contributed by atoms with Crippen LogP contribution in [-0.2, 0) is 16.0 Å². The summed E-state index contributed by atoms with van der Waals surface area (Å²) in [6, 6.07) is 18.1. The number of rotatable bonds is 5. The second kappa shape index (κ2) is 8.00. The number of nitrogens with zero attached hydrogens (tertiary/aromatic N) is 1. The molecule has 0 aromatic heterocycles. The summed E-state index contributed by atoms with van der Waals surface area (Å²) in [5, 5.41) is 0.270. The molecule has 2 atom stereocenters. The molecule has 0 unspecified atom stereocenters. The fourth-order valence-electron chi connectivity index (χ4n) is 3.35. The van der Waals surface area contributed by atoms with E-state index >= 15 is 0 Å². The molecule has 1 aliphatic rings. The molecule has 0 N–H and O–H groups in total. The molecule has 2 aromatic carbocycles. The second-order valence-electron chi connectivity index (χ2n) is 7.27. The van der Waals surface area contributed by atoms with Crippen molar-refractivity contribution in [1.82, 2.24) is 4.90 Å². The summed E-state index contributed by atoms with van der Waals surface area (Å²) in [7, 11) is 0. The monoisotopic (exact) mass is 367 g/mol. The molecule has 1 aliphatic heterocycles. The Morgan fingerprint density at radius 3 is 2.38 bits per heavy atom. The molecule has 3 nitrogen and oxygen atoms in total. The van der Waals surface area contributed by atoms with Gasteiger partial charge in [0.15, 0.2) is 0 Å². The molecule has 3 rings (SSSR count). The molecule has 136 valence electrons. The Bertz CT molecular complexity index is 770. The van der Waals surface area contributed by atoms with Crippen molar-refractivity contribution in [3.63, 3.8) is 0 Å². The molecule has 0 aliphatic carbocycles. The maximum atomic E-state index is 13.2. The molecule has 1 saturated heterocycles. The molecule has 0 saturated carbocycles. The summed E-state index contributed by atoms with van der Waals surface area (Å²) in [5.41, 5.74) is 3.34. The van der Waals surface area contributed by atoms with Crippen LogP contribution in [-0.4, -0.2) is 22.6 Å². The number of hydrogen-bond donors (Lipinski definition) is 0. The van der Waals surface area contributed by atoms with Gasteiger partial charge in [-0.3, -0.25) is 9.69 Å². The summed E-state index contributed by atoms with van der Waals surface area (Å²) in [5.74, 6) is 0.331. The van der Waals surface area contributed by atoms with Gasteiger partial charge in [-0.25, -0.2) is 0 Å². The number of thiocarbonyl (C=S) groups is 1. The standard InChI is InChI=1S/C22H25NO2S/c1-15(2)13-17-9-11-18(12-10-17)16(3)21(24)23-20(14-25-22(23)26)19-7-5-4-6-8-19/h4-12,15-16,20H,13-14H2,1-3H3/t16-,20-/m1/s1. The highest BCUT2D eigenvalue weighted by molar-refractivity contribution is 7.80. The number of benzene rings is 2. The highest BCUT2D eigenvalue weighted by Crippen LogP contribution is 2.31. The van der Waals surface area contributed by atoms with E-state index in [1.807, 2.05) is 37.3 Å². The van der Waals surface area contributed by atoms with Crippen molar-refractivity contribution in [2.45, 2.75) is 39.2 Å². The van der Waals surface area contributed by atoms with Gasteiger partial charge in [-0.05, 0) is 48.2 Å². The summed E-state index contributed by atoms with van der Waals surface area (Å²) >= 11 is 5.31. The van der Waals surface area contributed by atoms with Gasteiger partial charge < -0.3 is 4.74 Å². The lowest BCUT2D eigenvalue weighted by Gasteiger charge is -2.25.